The molecule has 0 aromatic heterocycles. The lowest BCUT2D eigenvalue weighted by atomic mass is 9.85. The van der Waals surface area contributed by atoms with Crippen molar-refractivity contribution in [3.8, 4) is 11.1 Å². The summed E-state index contributed by atoms with van der Waals surface area (Å²) < 4.78 is 5.66. The first-order valence-corrected chi connectivity index (χ1v) is 12.3. The van der Waals surface area contributed by atoms with Crippen molar-refractivity contribution in [3.05, 3.63) is 59.7 Å². The number of rotatable bonds is 7. The van der Waals surface area contributed by atoms with Crippen molar-refractivity contribution >= 4 is 18.0 Å². The fourth-order valence-electron chi connectivity index (χ4n) is 5.32. The molecule has 186 valence electrons. The molecule has 7 nitrogen and oxygen atoms in total. The average molecular weight is 479 g/mol. The quantitative estimate of drug-likeness (QED) is 0.596. The van der Waals surface area contributed by atoms with Gasteiger partial charge in [-0.3, -0.25) is 9.59 Å². The summed E-state index contributed by atoms with van der Waals surface area (Å²) in [6.45, 7) is 5.33. The summed E-state index contributed by atoms with van der Waals surface area (Å²) in [5.74, 6) is -1.52. The molecule has 0 bridgehead atoms. The van der Waals surface area contributed by atoms with Crippen LogP contribution in [0.15, 0.2) is 48.5 Å². The third-order valence-corrected chi connectivity index (χ3v) is 7.07. The van der Waals surface area contributed by atoms with E-state index in [1.165, 1.54) is 4.90 Å². The summed E-state index contributed by atoms with van der Waals surface area (Å²) in [6, 6.07) is 15.2. The topological polar surface area (TPSA) is 95.9 Å². The lowest BCUT2D eigenvalue weighted by molar-refractivity contribution is -0.148. The molecule has 2 N–H and O–H groups in total. The van der Waals surface area contributed by atoms with E-state index in [0.717, 1.165) is 47.9 Å². The molecule has 4 rings (SSSR count). The van der Waals surface area contributed by atoms with Gasteiger partial charge in [-0.1, -0.05) is 82.1 Å². The number of amides is 2. The number of alkyl carbamates (subject to hydrolysis) is 1. The molecule has 2 aromatic rings. The molecular weight excluding hydrogens is 444 g/mol. The van der Waals surface area contributed by atoms with Gasteiger partial charge in [-0.05, 0) is 40.5 Å². The molecule has 2 amide bonds. The Kier molecular flexibility index (Phi) is 7.15. The van der Waals surface area contributed by atoms with Crippen LogP contribution < -0.4 is 5.32 Å². The van der Waals surface area contributed by atoms with Crippen LogP contribution in [0.25, 0.3) is 11.1 Å². The van der Waals surface area contributed by atoms with E-state index >= 15 is 0 Å². The highest BCUT2D eigenvalue weighted by molar-refractivity contribution is 5.89. The molecule has 0 aliphatic heterocycles. The normalized spacial score (nSPS) is 16.3. The van der Waals surface area contributed by atoms with Crippen LogP contribution in [0.5, 0.6) is 0 Å². The molecule has 1 saturated carbocycles. The molecule has 1 fully saturated rings. The Bertz CT molecular complexity index is 1060. The van der Waals surface area contributed by atoms with Crippen molar-refractivity contribution in [1.82, 2.24) is 10.2 Å². The van der Waals surface area contributed by atoms with Gasteiger partial charge in [0.15, 0.2) is 0 Å². The van der Waals surface area contributed by atoms with Gasteiger partial charge < -0.3 is 20.1 Å². The van der Waals surface area contributed by atoms with Crippen molar-refractivity contribution in [2.75, 3.05) is 13.2 Å². The smallest absolute Gasteiger partial charge is 0.407 e. The monoisotopic (exact) mass is 478 g/mol. The van der Waals surface area contributed by atoms with Crippen molar-refractivity contribution in [2.45, 2.75) is 64.5 Å². The van der Waals surface area contributed by atoms with Crippen LogP contribution in [0.2, 0.25) is 0 Å². The van der Waals surface area contributed by atoms with Crippen LogP contribution in [0.1, 0.15) is 63.5 Å². The second kappa shape index (κ2) is 10.1. The van der Waals surface area contributed by atoms with Gasteiger partial charge in [0.25, 0.3) is 0 Å². The molecule has 35 heavy (non-hydrogen) atoms. The Labute approximate surface area is 206 Å². The van der Waals surface area contributed by atoms with Gasteiger partial charge in [-0.25, -0.2) is 4.79 Å². The molecule has 0 radical (unpaired) electrons. The molecule has 0 unspecified atom stereocenters. The number of carboxylic acids is 1. The molecular formula is C28H34N2O5. The first-order chi connectivity index (χ1) is 16.7. The number of carbonyl (C=O) groups excluding carboxylic acids is 2. The number of hydrogen-bond donors (Lipinski definition) is 2. The van der Waals surface area contributed by atoms with Crippen LogP contribution in [0, 0.1) is 5.41 Å². The summed E-state index contributed by atoms with van der Waals surface area (Å²) in [7, 11) is 0. The maximum atomic E-state index is 13.5. The highest BCUT2D eigenvalue weighted by atomic mass is 16.5. The molecule has 2 aliphatic carbocycles. The van der Waals surface area contributed by atoms with E-state index in [0.29, 0.717) is 0 Å². The van der Waals surface area contributed by atoms with Gasteiger partial charge in [0.05, 0.1) is 0 Å². The number of nitrogens with one attached hydrogen (secondary N) is 1. The SMILES string of the molecule is CC(C)(C)[C@@H](NC(=O)OCC1c2ccccc2-c2ccccc21)C(=O)N(CC(=O)O)C1CCCC1. The second-order valence-corrected chi connectivity index (χ2v) is 10.6. The highest BCUT2D eigenvalue weighted by Gasteiger charge is 2.40. The van der Waals surface area contributed by atoms with E-state index in [-0.39, 0.29) is 31.0 Å². The van der Waals surface area contributed by atoms with Crippen LogP contribution in [-0.2, 0) is 14.3 Å². The molecule has 0 spiro atoms. The van der Waals surface area contributed by atoms with Crippen LogP contribution in [0.4, 0.5) is 4.79 Å². The van der Waals surface area contributed by atoms with Gasteiger partial charge in [0.2, 0.25) is 5.91 Å². The van der Waals surface area contributed by atoms with Crippen molar-refractivity contribution in [3.63, 3.8) is 0 Å². The number of hydrogen-bond acceptors (Lipinski definition) is 4. The number of benzene rings is 2. The first-order valence-electron chi connectivity index (χ1n) is 12.3. The molecule has 2 aliphatic rings. The Morgan fingerprint density at radius 2 is 1.54 bits per heavy atom. The maximum absolute atomic E-state index is 13.5. The zero-order chi connectivity index (χ0) is 25.2. The van der Waals surface area contributed by atoms with Gasteiger partial charge in [-0.2, -0.15) is 0 Å². The Morgan fingerprint density at radius 3 is 2.06 bits per heavy atom. The van der Waals surface area contributed by atoms with Crippen molar-refractivity contribution in [1.29, 1.82) is 0 Å². The minimum atomic E-state index is -1.06. The number of carbonyl (C=O) groups is 3. The molecule has 2 aromatic carbocycles. The van der Waals surface area contributed by atoms with E-state index in [1.54, 1.807) is 0 Å². The van der Waals surface area contributed by atoms with Crippen LogP contribution >= 0.6 is 0 Å². The maximum Gasteiger partial charge on any atom is 0.407 e. The predicted octanol–water partition coefficient (Wildman–Crippen LogP) is 4.80. The summed E-state index contributed by atoms with van der Waals surface area (Å²) in [5.41, 5.74) is 3.87. The predicted molar refractivity (Wildman–Crippen MR) is 133 cm³/mol. The van der Waals surface area contributed by atoms with Gasteiger partial charge in [0.1, 0.15) is 19.2 Å². The first kappa shape index (κ1) is 24.8. The number of ether oxygens (including phenoxy) is 1. The zero-order valence-electron chi connectivity index (χ0n) is 20.6. The molecule has 7 heteroatoms. The summed E-state index contributed by atoms with van der Waals surface area (Å²) in [4.78, 5) is 39.4. The van der Waals surface area contributed by atoms with E-state index in [9.17, 15) is 19.5 Å². The summed E-state index contributed by atoms with van der Waals surface area (Å²) in [6.07, 6.45) is 2.81. The van der Waals surface area contributed by atoms with Crippen molar-refractivity contribution < 1.29 is 24.2 Å². The Morgan fingerprint density at radius 1 is 1.00 bits per heavy atom. The Hall–Kier alpha value is -3.35. The van der Waals surface area contributed by atoms with Gasteiger partial charge >= 0.3 is 12.1 Å². The number of carboxylic acid groups (broad SMARTS) is 1. The lowest BCUT2D eigenvalue weighted by Crippen LogP contribution is -2.57. The highest BCUT2D eigenvalue weighted by Crippen LogP contribution is 2.44. The van der Waals surface area contributed by atoms with E-state index < -0.39 is 23.5 Å². The third kappa shape index (κ3) is 5.34. The average Bonchev–Trinajstić information content (AvgIpc) is 3.45. The molecule has 0 saturated heterocycles. The van der Waals surface area contributed by atoms with E-state index in [4.69, 9.17) is 4.74 Å². The second-order valence-electron chi connectivity index (χ2n) is 10.6. The van der Waals surface area contributed by atoms with Crippen LogP contribution in [0.3, 0.4) is 0 Å². The van der Waals surface area contributed by atoms with Crippen molar-refractivity contribution in [2.24, 2.45) is 5.41 Å². The summed E-state index contributed by atoms with van der Waals surface area (Å²) in [5, 5.41) is 12.2. The van der Waals surface area contributed by atoms with Gasteiger partial charge in [0, 0.05) is 12.0 Å². The van der Waals surface area contributed by atoms with E-state index in [2.05, 4.69) is 17.4 Å². The van der Waals surface area contributed by atoms with Gasteiger partial charge in [-0.15, -0.1) is 0 Å². The molecule has 1 atom stereocenters. The third-order valence-electron chi connectivity index (χ3n) is 7.07. The van der Waals surface area contributed by atoms with E-state index in [1.807, 2.05) is 57.2 Å². The number of nitrogens with zero attached hydrogens (tertiary/aromatic N) is 1. The fraction of sp³-hybridized carbons (Fsp3) is 0.464. The number of fused-ring (bicyclic) bond motifs is 3. The fourth-order valence-corrected chi connectivity index (χ4v) is 5.32. The van der Waals surface area contributed by atoms with Crippen LogP contribution in [-0.4, -0.2) is 53.2 Å². The molecule has 0 heterocycles. The zero-order valence-corrected chi connectivity index (χ0v) is 20.6. The summed E-state index contributed by atoms with van der Waals surface area (Å²) >= 11 is 0. The minimum absolute atomic E-state index is 0.0843. The Balaban J connectivity index is 1.48. The minimum Gasteiger partial charge on any atom is -0.480 e. The largest absolute Gasteiger partial charge is 0.480 e. The number of aliphatic carboxylic acids is 1. The standard InChI is InChI=1S/C28H34N2O5/c1-28(2,3)25(26(33)30(16-24(31)32)18-10-4-5-11-18)29-27(34)35-17-23-21-14-8-6-12-19(21)20-13-7-9-15-22(20)23/h6-9,12-15,18,23,25H,4-5,10-11,16-17H2,1-3H3,(H,29,34)(H,31,32)/t25-/m0/s1. The lowest BCUT2D eigenvalue weighted by Gasteiger charge is -2.36.